The molecule has 1 aromatic rings. The Morgan fingerprint density at radius 1 is 1.38 bits per heavy atom. The van der Waals surface area contributed by atoms with Crippen LogP contribution in [0.2, 0.25) is 5.15 Å². The second kappa shape index (κ2) is 7.04. The van der Waals surface area contributed by atoms with Crippen LogP contribution in [0.4, 0.5) is 0 Å². The van der Waals surface area contributed by atoms with Crippen molar-refractivity contribution in [2.45, 2.75) is 71.5 Å². The minimum atomic E-state index is 0.0720. The minimum absolute atomic E-state index is 0.0720. The van der Waals surface area contributed by atoms with Crippen LogP contribution in [0.15, 0.2) is 0 Å². The number of hydrogen-bond donors (Lipinski definition) is 1. The molecule has 2 fully saturated rings. The number of likely N-dealkylation sites (tertiary alicyclic amines) is 1. The molecule has 0 unspecified atom stereocenters. The van der Waals surface area contributed by atoms with Gasteiger partial charge in [0.05, 0.1) is 11.7 Å². The summed E-state index contributed by atoms with van der Waals surface area (Å²) in [6, 6.07) is 0.252. The monoisotopic (exact) mass is 352 g/mol. The number of amides is 1. The van der Waals surface area contributed by atoms with E-state index in [-0.39, 0.29) is 23.9 Å². The van der Waals surface area contributed by atoms with Crippen molar-refractivity contribution < 1.29 is 4.79 Å². The summed E-state index contributed by atoms with van der Waals surface area (Å²) in [5, 5.41) is 5.33. The number of halogens is 1. The molecule has 134 valence electrons. The molecule has 1 amide bonds. The van der Waals surface area contributed by atoms with Gasteiger partial charge in [0.1, 0.15) is 5.15 Å². The lowest BCUT2D eigenvalue weighted by Gasteiger charge is -2.27. The molecule has 2 heterocycles. The van der Waals surface area contributed by atoms with Crippen LogP contribution in [-0.4, -0.2) is 33.2 Å². The Morgan fingerprint density at radius 2 is 2.12 bits per heavy atom. The average molecular weight is 353 g/mol. The van der Waals surface area contributed by atoms with Gasteiger partial charge in [0.2, 0.25) is 5.91 Å². The van der Waals surface area contributed by atoms with E-state index in [1.165, 1.54) is 0 Å². The fourth-order valence-electron chi connectivity index (χ4n) is 4.22. The average Bonchev–Trinajstić information content (AvgIpc) is 3.19. The summed E-state index contributed by atoms with van der Waals surface area (Å²) in [6.45, 7) is 7.94. The number of rotatable bonds is 4. The topological polar surface area (TPSA) is 64.2 Å². The summed E-state index contributed by atoms with van der Waals surface area (Å²) in [5.74, 6) is 0.832. The van der Waals surface area contributed by atoms with Gasteiger partial charge in [-0.3, -0.25) is 9.48 Å². The molecular weight excluding hydrogens is 324 g/mol. The summed E-state index contributed by atoms with van der Waals surface area (Å²) in [7, 11) is 0. The normalized spacial score (nSPS) is 27.4. The zero-order valence-electron chi connectivity index (χ0n) is 15.0. The first-order valence-electron chi connectivity index (χ1n) is 9.17. The van der Waals surface area contributed by atoms with Gasteiger partial charge in [0, 0.05) is 30.6 Å². The number of aryl methyl sites for hydroxylation is 1. The van der Waals surface area contributed by atoms with Crippen molar-refractivity contribution in [1.29, 1.82) is 0 Å². The van der Waals surface area contributed by atoms with Crippen LogP contribution in [-0.2, 0) is 11.3 Å². The quantitative estimate of drug-likeness (QED) is 0.904. The van der Waals surface area contributed by atoms with Gasteiger partial charge in [-0.15, -0.1) is 0 Å². The smallest absolute Gasteiger partial charge is 0.226 e. The molecule has 0 bridgehead atoms. The zero-order chi connectivity index (χ0) is 17.4. The third-order valence-electron chi connectivity index (χ3n) is 5.34. The van der Waals surface area contributed by atoms with Crippen molar-refractivity contribution in [3.05, 3.63) is 16.4 Å². The molecule has 0 radical (unpaired) electrons. The largest absolute Gasteiger partial charge is 0.335 e. The van der Waals surface area contributed by atoms with Gasteiger partial charge >= 0.3 is 0 Å². The SMILES string of the molecule is Cc1nn(CC(C)C)c(Cl)c1[C@@H]1CCCN1C(=O)[C@H]1CC[C@H](N)C1. The highest BCUT2D eigenvalue weighted by molar-refractivity contribution is 6.30. The number of nitrogens with zero attached hydrogens (tertiary/aromatic N) is 3. The standard InChI is InChI=1S/C18H29ClN4O/c1-11(2)10-23-17(19)16(12(3)21-23)15-5-4-8-22(15)18(24)13-6-7-14(20)9-13/h11,13-15H,4-10,20H2,1-3H3/t13-,14-,15-/m0/s1. The van der Waals surface area contributed by atoms with E-state index in [0.29, 0.717) is 11.1 Å². The minimum Gasteiger partial charge on any atom is -0.335 e. The Bertz CT molecular complexity index is 612. The first-order valence-corrected chi connectivity index (χ1v) is 9.55. The summed E-state index contributed by atoms with van der Waals surface area (Å²) >= 11 is 6.65. The first kappa shape index (κ1) is 17.7. The number of aromatic nitrogens is 2. The molecule has 3 rings (SSSR count). The lowest BCUT2D eigenvalue weighted by Crippen LogP contribution is -2.35. The van der Waals surface area contributed by atoms with Crippen LogP contribution in [0.1, 0.15) is 63.3 Å². The van der Waals surface area contributed by atoms with E-state index in [0.717, 1.165) is 56.5 Å². The highest BCUT2D eigenvalue weighted by Gasteiger charge is 2.39. The molecule has 2 aliphatic rings. The van der Waals surface area contributed by atoms with E-state index in [1.54, 1.807) is 0 Å². The van der Waals surface area contributed by atoms with Gasteiger partial charge in [-0.1, -0.05) is 25.4 Å². The third-order valence-corrected chi connectivity index (χ3v) is 5.74. The Morgan fingerprint density at radius 3 is 2.75 bits per heavy atom. The van der Waals surface area contributed by atoms with Gasteiger partial charge in [-0.25, -0.2) is 0 Å². The molecule has 1 saturated heterocycles. The second-order valence-corrected chi connectivity index (χ2v) is 8.18. The van der Waals surface area contributed by atoms with Crippen LogP contribution < -0.4 is 5.73 Å². The van der Waals surface area contributed by atoms with E-state index in [2.05, 4.69) is 18.9 Å². The molecule has 5 nitrogen and oxygen atoms in total. The van der Waals surface area contributed by atoms with E-state index in [1.807, 2.05) is 16.5 Å². The molecule has 1 aliphatic heterocycles. The van der Waals surface area contributed by atoms with E-state index >= 15 is 0 Å². The fraction of sp³-hybridized carbons (Fsp3) is 0.778. The zero-order valence-corrected chi connectivity index (χ0v) is 15.7. The molecule has 1 aromatic heterocycles. The summed E-state index contributed by atoms with van der Waals surface area (Å²) in [6.07, 6.45) is 4.70. The maximum Gasteiger partial charge on any atom is 0.226 e. The number of carbonyl (C=O) groups is 1. The molecule has 3 atom stereocenters. The van der Waals surface area contributed by atoms with Crippen molar-refractivity contribution in [3.8, 4) is 0 Å². The van der Waals surface area contributed by atoms with Gasteiger partial charge < -0.3 is 10.6 Å². The van der Waals surface area contributed by atoms with Crippen molar-refractivity contribution in [3.63, 3.8) is 0 Å². The third kappa shape index (κ3) is 3.33. The van der Waals surface area contributed by atoms with Gasteiger partial charge in [0.25, 0.3) is 0 Å². The van der Waals surface area contributed by atoms with Crippen LogP contribution >= 0.6 is 11.6 Å². The van der Waals surface area contributed by atoms with Crippen LogP contribution in [0, 0.1) is 18.8 Å². The fourth-order valence-corrected chi connectivity index (χ4v) is 4.59. The predicted molar refractivity (Wildman–Crippen MR) is 95.8 cm³/mol. The van der Waals surface area contributed by atoms with Crippen molar-refractivity contribution in [1.82, 2.24) is 14.7 Å². The van der Waals surface area contributed by atoms with E-state index < -0.39 is 0 Å². The van der Waals surface area contributed by atoms with E-state index in [9.17, 15) is 4.79 Å². The van der Waals surface area contributed by atoms with Gasteiger partial charge in [0.15, 0.2) is 0 Å². The van der Waals surface area contributed by atoms with Gasteiger partial charge in [-0.2, -0.15) is 5.10 Å². The van der Waals surface area contributed by atoms with Crippen LogP contribution in [0.25, 0.3) is 0 Å². The number of nitrogens with two attached hydrogens (primary N) is 1. The van der Waals surface area contributed by atoms with Crippen molar-refractivity contribution >= 4 is 17.5 Å². The molecular formula is C18H29ClN4O. The number of carbonyl (C=O) groups excluding carboxylic acids is 1. The molecule has 24 heavy (non-hydrogen) atoms. The Hall–Kier alpha value is -1.07. The van der Waals surface area contributed by atoms with Crippen LogP contribution in [0.3, 0.4) is 0 Å². The molecule has 1 saturated carbocycles. The Labute approximate surface area is 149 Å². The number of hydrogen-bond acceptors (Lipinski definition) is 3. The first-order chi connectivity index (χ1) is 11.4. The lowest BCUT2D eigenvalue weighted by molar-refractivity contribution is -0.136. The highest BCUT2D eigenvalue weighted by atomic mass is 35.5. The Kier molecular flexibility index (Phi) is 5.21. The Balaban J connectivity index is 1.83. The maximum absolute atomic E-state index is 13.0. The summed E-state index contributed by atoms with van der Waals surface area (Å²) < 4.78 is 1.89. The highest BCUT2D eigenvalue weighted by Crippen LogP contribution is 2.40. The maximum atomic E-state index is 13.0. The van der Waals surface area contributed by atoms with Gasteiger partial charge in [-0.05, 0) is 44.9 Å². The lowest BCUT2D eigenvalue weighted by atomic mass is 10.0. The summed E-state index contributed by atoms with van der Waals surface area (Å²) in [4.78, 5) is 15.0. The molecule has 0 aromatic carbocycles. The summed E-state index contributed by atoms with van der Waals surface area (Å²) in [5.41, 5.74) is 8.00. The van der Waals surface area contributed by atoms with Crippen molar-refractivity contribution in [2.75, 3.05) is 6.54 Å². The van der Waals surface area contributed by atoms with Crippen LogP contribution in [0.5, 0.6) is 0 Å². The molecule has 0 spiro atoms. The molecule has 6 heteroatoms. The van der Waals surface area contributed by atoms with Crippen molar-refractivity contribution in [2.24, 2.45) is 17.6 Å². The predicted octanol–water partition coefficient (Wildman–Crippen LogP) is 3.29. The van der Waals surface area contributed by atoms with E-state index in [4.69, 9.17) is 17.3 Å². The second-order valence-electron chi connectivity index (χ2n) is 7.83. The molecule has 1 aliphatic carbocycles. The molecule has 2 N–H and O–H groups in total.